The van der Waals surface area contributed by atoms with Crippen molar-refractivity contribution in [3.05, 3.63) is 29.8 Å². The maximum absolute atomic E-state index is 12.3. The second kappa shape index (κ2) is 4.90. The summed E-state index contributed by atoms with van der Waals surface area (Å²) in [6, 6.07) is 3.39. The Morgan fingerprint density at radius 1 is 1.50 bits per heavy atom. The number of aliphatic hydroxyl groups excluding tert-OH is 1. The summed E-state index contributed by atoms with van der Waals surface area (Å²) in [6.07, 6.45) is -4.43. The molecule has 6 heteroatoms. The maximum Gasteiger partial charge on any atom is 0.175 e. The Labute approximate surface area is 98.0 Å². The first-order valence-corrected chi connectivity index (χ1v) is 5.94. The van der Waals surface area contributed by atoms with Gasteiger partial charge in [-0.15, -0.1) is 0 Å². The van der Waals surface area contributed by atoms with Crippen molar-refractivity contribution < 1.29 is 22.0 Å². The summed E-state index contributed by atoms with van der Waals surface area (Å²) >= 11 is 0. The van der Waals surface area contributed by atoms with E-state index in [0.717, 1.165) is 12.1 Å². The minimum Gasteiger partial charge on any atom is -0.387 e. The molecule has 90 valence electrons. The van der Waals surface area contributed by atoms with E-state index >= 15 is 0 Å². The summed E-state index contributed by atoms with van der Waals surface area (Å²) in [5.41, 5.74) is 5.53. The van der Waals surface area contributed by atoms with Gasteiger partial charge in [-0.1, -0.05) is 12.1 Å². The standard InChI is InChI=1S/C10H14FNO3S/c1-16(14,15)8-4-2-7(3-5-8)10(13)9(12)6-11/h2-5,9-10,13H,6,12H2,1H3/t9-,10-/m1/s1/i1D3. The molecule has 0 amide bonds. The van der Waals surface area contributed by atoms with E-state index in [1.54, 1.807) is 0 Å². The van der Waals surface area contributed by atoms with Gasteiger partial charge in [0.25, 0.3) is 0 Å². The number of benzene rings is 1. The molecule has 0 aromatic heterocycles. The van der Waals surface area contributed by atoms with Crippen LogP contribution in [0, 0.1) is 0 Å². The van der Waals surface area contributed by atoms with Crippen LogP contribution in [0.25, 0.3) is 0 Å². The molecule has 0 bridgehead atoms. The predicted octanol–water partition coefficient (Wildman–Crippen LogP) is 0.420. The molecule has 1 aromatic rings. The molecule has 4 nitrogen and oxygen atoms in total. The predicted molar refractivity (Wildman–Crippen MR) is 58.5 cm³/mol. The van der Waals surface area contributed by atoms with Gasteiger partial charge in [-0.25, -0.2) is 12.8 Å². The van der Waals surface area contributed by atoms with Crippen LogP contribution in [-0.4, -0.2) is 32.4 Å². The van der Waals surface area contributed by atoms with Gasteiger partial charge in [0, 0.05) is 10.3 Å². The monoisotopic (exact) mass is 250 g/mol. The topological polar surface area (TPSA) is 80.4 Å². The summed E-state index contributed by atoms with van der Waals surface area (Å²) in [7, 11) is -4.43. The van der Waals surface area contributed by atoms with E-state index in [0.29, 0.717) is 0 Å². The van der Waals surface area contributed by atoms with Crippen molar-refractivity contribution in [3.8, 4) is 0 Å². The quantitative estimate of drug-likeness (QED) is 0.811. The van der Waals surface area contributed by atoms with Crippen molar-refractivity contribution in [3.63, 3.8) is 0 Å². The van der Waals surface area contributed by atoms with E-state index in [-0.39, 0.29) is 5.56 Å². The highest BCUT2D eigenvalue weighted by atomic mass is 32.2. The number of hydrogen-bond acceptors (Lipinski definition) is 4. The third-order valence-corrected chi connectivity index (χ3v) is 3.01. The van der Waals surface area contributed by atoms with E-state index < -0.39 is 39.7 Å². The normalized spacial score (nSPS) is 19.3. The van der Waals surface area contributed by atoms with E-state index in [2.05, 4.69) is 0 Å². The second-order valence-corrected chi connectivity index (χ2v) is 4.81. The molecule has 3 N–H and O–H groups in total. The molecule has 1 rings (SSSR count). The zero-order chi connectivity index (χ0) is 14.8. The molecule has 0 heterocycles. The van der Waals surface area contributed by atoms with Crippen molar-refractivity contribution >= 4 is 9.84 Å². The number of halogens is 1. The van der Waals surface area contributed by atoms with Gasteiger partial charge in [-0.05, 0) is 17.7 Å². The third kappa shape index (κ3) is 3.01. The lowest BCUT2D eigenvalue weighted by molar-refractivity contribution is 0.132. The molecular weight excluding hydrogens is 233 g/mol. The summed E-state index contributed by atoms with van der Waals surface area (Å²) < 4.78 is 56.3. The number of sulfone groups is 1. The van der Waals surface area contributed by atoms with Crippen molar-refractivity contribution in [2.24, 2.45) is 5.73 Å². The first-order valence-electron chi connectivity index (χ1n) is 5.95. The summed E-state index contributed by atoms with van der Waals surface area (Å²) in [4.78, 5) is -0.391. The lowest BCUT2D eigenvalue weighted by Crippen LogP contribution is -2.30. The molecule has 0 saturated heterocycles. The van der Waals surface area contributed by atoms with Crippen molar-refractivity contribution in [2.45, 2.75) is 17.0 Å². The number of hydrogen-bond donors (Lipinski definition) is 2. The van der Waals surface area contributed by atoms with Crippen molar-refractivity contribution in [2.75, 3.05) is 12.9 Å². The number of aliphatic hydroxyl groups is 1. The summed E-state index contributed by atoms with van der Waals surface area (Å²) in [5, 5.41) is 9.62. The van der Waals surface area contributed by atoms with Crippen LogP contribution in [0.3, 0.4) is 0 Å². The van der Waals surface area contributed by atoms with Gasteiger partial charge in [0.15, 0.2) is 9.84 Å². The van der Waals surface area contributed by atoms with Gasteiger partial charge in [-0.3, -0.25) is 0 Å². The largest absolute Gasteiger partial charge is 0.387 e. The zero-order valence-electron chi connectivity index (χ0n) is 11.3. The Bertz CT molecular complexity index is 530. The van der Waals surface area contributed by atoms with Crippen molar-refractivity contribution in [1.82, 2.24) is 0 Å². The first kappa shape index (κ1) is 9.09. The maximum atomic E-state index is 12.3. The first-order chi connectivity index (χ1) is 8.61. The Balaban J connectivity index is 3.08. The highest BCUT2D eigenvalue weighted by Gasteiger charge is 2.17. The van der Waals surface area contributed by atoms with Crippen LogP contribution >= 0.6 is 0 Å². The highest BCUT2D eigenvalue weighted by molar-refractivity contribution is 7.90. The van der Waals surface area contributed by atoms with Crippen LogP contribution in [0.15, 0.2) is 29.2 Å². The molecule has 0 aliphatic carbocycles. The van der Waals surface area contributed by atoms with E-state index in [4.69, 9.17) is 9.85 Å². The molecule has 0 aliphatic rings. The molecule has 2 atom stereocenters. The average Bonchev–Trinajstić information content (AvgIpc) is 2.35. The molecule has 16 heavy (non-hydrogen) atoms. The molecule has 0 aliphatic heterocycles. The van der Waals surface area contributed by atoms with Gasteiger partial charge in [-0.2, -0.15) is 0 Å². The fraction of sp³-hybridized carbons (Fsp3) is 0.400. The summed E-state index contributed by atoms with van der Waals surface area (Å²) in [5.74, 6) is 0. The minimum atomic E-state index is -4.43. The number of alkyl halides is 1. The van der Waals surface area contributed by atoms with Crippen LogP contribution in [-0.2, 0) is 9.84 Å². The average molecular weight is 250 g/mol. The zero-order valence-corrected chi connectivity index (χ0v) is 9.11. The van der Waals surface area contributed by atoms with Crippen LogP contribution in [0.5, 0.6) is 0 Å². The molecular formula is C10H14FNO3S. The fourth-order valence-corrected chi connectivity index (χ4v) is 1.67. The molecule has 0 saturated carbocycles. The molecule has 0 fully saturated rings. The van der Waals surface area contributed by atoms with Crippen LogP contribution in [0.2, 0.25) is 0 Å². The van der Waals surface area contributed by atoms with E-state index in [9.17, 15) is 17.9 Å². The SMILES string of the molecule is [2H]C([2H])([2H])S(=O)(=O)c1ccc([C@@H](O)[C@H](N)CF)cc1. The van der Waals surface area contributed by atoms with Gasteiger partial charge < -0.3 is 10.8 Å². The number of nitrogens with two attached hydrogens (primary N) is 1. The van der Waals surface area contributed by atoms with Gasteiger partial charge >= 0.3 is 0 Å². The Morgan fingerprint density at radius 2 is 2.06 bits per heavy atom. The van der Waals surface area contributed by atoms with Crippen LogP contribution in [0.4, 0.5) is 4.39 Å². The lowest BCUT2D eigenvalue weighted by Gasteiger charge is -2.16. The van der Waals surface area contributed by atoms with E-state index in [1.807, 2.05) is 0 Å². The highest BCUT2D eigenvalue weighted by Crippen LogP contribution is 2.18. The summed E-state index contributed by atoms with van der Waals surface area (Å²) in [6.45, 7) is -0.934. The van der Waals surface area contributed by atoms with Gasteiger partial charge in [0.05, 0.1) is 17.0 Å². The van der Waals surface area contributed by atoms with Gasteiger partial charge in [0.1, 0.15) is 6.67 Å². The van der Waals surface area contributed by atoms with Crippen LogP contribution < -0.4 is 5.73 Å². The van der Waals surface area contributed by atoms with Gasteiger partial charge in [0.2, 0.25) is 0 Å². The number of rotatable bonds is 4. The molecule has 0 unspecified atom stereocenters. The van der Waals surface area contributed by atoms with Crippen LogP contribution in [0.1, 0.15) is 15.8 Å². The molecule has 1 aromatic carbocycles. The van der Waals surface area contributed by atoms with Crippen molar-refractivity contribution in [1.29, 1.82) is 0 Å². The second-order valence-electron chi connectivity index (χ2n) is 3.34. The van der Waals surface area contributed by atoms with E-state index in [1.165, 1.54) is 12.1 Å². The third-order valence-electron chi connectivity index (χ3n) is 2.12. The smallest absolute Gasteiger partial charge is 0.175 e. The minimum absolute atomic E-state index is 0.217. The Hall–Kier alpha value is -0.980. The fourth-order valence-electron chi connectivity index (χ4n) is 1.18. The Kier molecular flexibility index (Phi) is 2.79. The molecule has 0 spiro atoms. The lowest BCUT2D eigenvalue weighted by atomic mass is 10.0. The molecule has 0 radical (unpaired) electrons. The Morgan fingerprint density at radius 3 is 2.50 bits per heavy atom.